The summed E-state index contributed by atoms with van der Waals surface area (Å²) in [5.74, 6) is 1.45. The van der Waals surface area contributed by atoms with Crippen LogP contribution in [0.25, 0.3) is 11.1 Å². The molecule has 0 aliphatic heterocycles. The molecule has 0 aliphatic carbocycles. The predicted molar refractivity (Wildman–Crippen MR) is 81.8 cm³/mol. The Bertz CT molecular complexity index is 611. The van der Waals surface area contributed by atoms with Gasteiger partial charge in [-0.3, -0.25) is 0 Å². The van der Waals surface area contributed by atoms with E-state index in [9.17, 15) is 0 Å². The van der Waals surface area contributed by atoms with Gasteiger partial charge in [0.15, 0.2) is 0 Å². The molecule has 2 N–H and O–H groups in total. The molecule has 0 aromatic heterocycles. The van der Waals surface area contributed by atoms with Crippen molar-refractivity contribution in [2.75, 3.05) is 20.0 Å². The minimum absolute atomic E-state index is 0.719. The highest BCUT2D eigenvalue weighted by Gasteiger charge is 2.15. The molecule has 19 heavy (non-hydrogen) atoms. The molecule has 0 bridgehead atoms. The lowest BCUT2D eigenvalue weighted by atomic mass is 10.0. The number of methoxy groups -OCH3 is 2. The van der Waals surface area contributed by atoms with Crippen LogP contribution in [0.1, 0.15) is 5.56 Å². The van der Waals surface area contributed by atoms with Crippen molar-refractivity contribution in [3.63, 3.8) is 0 Å². The molecule has 0 saturated heterocycles. The quantitative estimate of drug-likeness (QED) is 0.868. The van der Waals surface area contributed by atoms with Crippen molar-refractivity contribution >= 4 is 21.6 Å². The highest BCUT2D eigenvalue weighted by atomic mass is 79.9. The third kappa shape index (κ3) is 2.54. The lowest BCUT2D eigenvalue weighted by molar-refractivity contribution is 0.390. The number of aryl methyl sites for hydroxylation is 1. The van der Waals surface area contributed by atoms with Crippen LogP contribution >= 0.6 is 15.9 Å². The van der Waals surface area contributed by atoms with E-state index in [2.05, 4.69) is 15.9 Å². The molecular weight excluding hydrogens is 306 g/mol. The Labute approximate surface area is 121 Å². The average molecular weight is 322 g/mol. The predicted octanol–water partition coefficient (Wildman–Crippen LogP) is 4.02. The number of anilines is 1. The summed E-state index contributed by atoms with van der Waals surface area (Å²) >= 11 is 3.50. The van der Waals surface area contributed by atoms with Crippen LogP contribution in [0.4, 0.5) is 5.69 Å². The Balaban J connectivity index is 2.68. The van der Waals surface area contributed by atoms with E-state index >= 15 is 0 Å². The van der Waals surface area contributed by atoms with Gasteiger partial charge in [0.2, 0.25) is 0 Å². The van der Waals surface area contributed by atoms with Gasteiger partial charge in [-0.25, -0.2) is 0 Å². The standard InChI is InChI=1S/C15H16BrNO2/c1-9-4-6-12(17)11(8-9)10-5-7-13(18-2)14(16)15(10)19-3/h4-8H,17H2,1-3H3. The van der Waals surface area contributed by atoms with Gasteiger partial charge >= 0.3 is 0 Å². The third-order valence-corrected chi connectivity index (χ3v) is 3.74. The highest BCUT2D eigenvalue weighted by Crippen LogP contribution is 2.43. The molecule has 0 atom stereocenters. The molecule has 0 radical (unpaired) electrons. The third-order valence-electron chi connectivity index (χ3n) is 2.98. The van der Waals surface area contributed by atoms with Crippen molar-refractivity contribution in [2.24, 2.45) is 0 Å². The molecule has 2 aromatic carbocycles. The van der Waals surface area contributed by atoms with Gasteiger partial charge in [-0.15, -0.1) is 0 Å². The molecule has 0 unspecified atom stereocenters. The summed E-state index contributed by atoms with van der Waals surface area (Å²) in [4.78, 5) is 0. The van der Waals surface area contributed by atoms with Crippen LogP contribution in [-0.2, 0) is 0 Å². The molecular formula is C15H16BrNO2. The molecule has 0 saturated carbocycles. The number of ether oxygens (including phenoxy) is 2. The van der Waals surface area contributed by atoms with Crippen molar-refractivity contribution in [1.82, 2.24) is 0 Å². The monoisotopic (exact) mass is 321 g/mol. The Morgan fingerprint density at radius 3 is 2.37 bits per heavy atom. The molecule has 3 nitrogen and oxygen atoms in total. The topological polar surface area (TPSA) is 44.5 Å². The summed E-state index contributed by atoms with van der Waals surface area (Å²) in [5, 5.41) is 0. The van der Waals surface area contributed by atoms with Gasteiger partial charge in [-0.1, -0.05) is 11.6 Å². The lowest BCUT2D eigenvalue weighted by Crippen LogP contribution is -1.96. The molecule has 0 heterocycles. The van der Waals surface area contributed by atoms with Crippen molar-refractivity contribution in [1.29, 1.82) is 0 Å². The fourth-order valence-corrected chi connectivity index (χ4v) is 2.68. The van der Waals surface area contributed by atoms with E-state index < -0.39 is 0 Å². The van der Waals surface area contributed by atoms with Crippen molar-refractivity contribution < 1.29 is 9.47 Å². The lowest BCUT2D eigenvalue weighted by Gasteiger charge is -2.15. The number of hydrogen-bond acceptors (Lipinski definition) is 3. The van der Waals surface area contributed by atoms with E-state index in [1.807, 2.05) is 37.3 Å². The summed E-state index contributed by atoms with van der Waals surface area (Å²) < 4.78 is 11.5. The first-order valence-electron chi connectivity index (χ1n) is 5.85. The normalized spacial score (nSPS) is 10.3. The minimum atomic E-state index is 0.719. The van der Waals surface area contributed by atoms with Crippen LogP contribution in [0.5, 0.6) is 11.5 Å². The van der Waals surface area contributed by atoms with Crippen LogP contribution in [0.3, 0.4) is 0 Å². The largest absolute Gasteiger partial charge is 0.495 e. The first kappa shape index (κ1) is 13.7. The summed E-state index contributed by atoms with van der Waals surface area (Å²) in [6.07, 6.45) is 0. The second-order valence-corrected chi connectivity index (χ2v) is 5.05. The maximum atomic E-state index is 6.06. The number of hydrogen-bond donors (Lipinski definition) is 1. The Morgan fingerprint density at radius 2 is 1.74 bits per heavy atom. The summed E-state index contributed by atoms with van der Waals surface area (Å²) in [6.45, 7) is 2.04. The number of rotatable bonds is 3. The molecule has 0 amide bonds. The molecule has 100 valence electrons. The Morgan fingerprint density at radius 1 is 1.00 bits per heavy atom. The smallest absolute Gasteiger partial charge is 0.144 e. The summed E-state index contributed by atoms with van der Waals surface area (Å²) in [5.41, 5.74) is 9.84. The van der Waals surface area contributed by atoms with Gasteiger partial charge in [0.1, 0.15) is 16.0 Å². The van der Waals surface area contributed by atoms with Gasteiger partial charge in [0.25, 0.3) is 0 Å². The number of nitrogen functional groups attached to an aromatic ring is 1. The highest BCUT2D eigenvalue weighted by molar-refractivity contribution is 9.10. The molecule has 0 aliphatic rings. The van der Waals surface area contributed by atoms with E-state index in [1.165, 1.54) is 0 Å². The zero-order valence-electron chi connectivity index (χ0n) is 11.2. The summed E-state index contributed by atoms with van der Waals surface area (Å²) in [6, 6.07) is 9.79. The van der Waals surface area contributed by atoms with E-state index in [0.29, 0.717) is 0 Å². The van der Waals surface area contributed by atoms with Gasteiger partial charge in [0, 0.05) is 16.8 Å². The molecule has 2 aromatic rings. The van der Waals surface area contributed by atoms with Crippen LogP contribution in [0.2, 0.25) is 0 Å². The fraction of sp³-hybridized carbons (Fsp3) is 0.200. The first-order chi connectivity index (χ1) is 9.08. The number of halogens is 1. The van der Waals surface area contributed by atoms with Crippen LogP contribution in [0, 0.1) is 6.92 Å². The number of benzene rings is 2. The first-order valence-corrected chi connectivity index (χ1v) is 6.64. The molecule has 2 rings (SSSR count). The van der Waals surface area contributed by atoms with Crippen LogP contribution in [-0.4, -0.2) is 14.2 Å². The minimum Gasteiger partial charge on any atom is -0.495 e. The zero-order chi connectivity index (χ0) is 14.0. The van der Waals surface area contributed by atoms with Gasteiger partial charge < -0.3 is 15.2 Å². The fourth-order valence-electron chi connectivity index (χ4n) is 2.01. The molecule has 0 spiro atoms. The van der Waals surface area contributed by atoms with Gasteiger partial charge in [-0.2, -0.15) is 0 Å². The average Bonchev–Trinajstić information content (AvgIpc) is 2.41. The SMILES string of the molecule is COc1ccc(-c2cc(C)ccc2N)c(OC)c1Br. The molecule has 0 fully saturated rings. The van der Waals surface area contributed by atoms with E-state index in [-0.39, 0.29) is 0 Å². The van der Waals surface area contributed by atoms with Gasteiger partial charge in [0.05, 0.1) is 14.2 Å². The van der Waals surface area contributed by atoms with Crippen molar-refractivity contribution in [3.8, 4) is 22.6 Å². The van der Waals surface area contributed by atoms with E-state index in [0.717, 1.165) is 38.3 Å². The number of nitrogens with two attached hydrogens (primary N) is 1. The summed E-state index contributed by atoms with van der Waals surface area (Å²) in [7, 11) is 3.26. The zero-order valence-corrected chi connectivity index (χ0v) is 12.7. The van der Waals surface area contributed by atoms with Crippen LogP contribution < -0.4 is 15.2 Å². The Hall–Kier alpha value is -1.68. The van der Waals surface area contributed by atoms with E-state index in [1.54, 1.807) is 14.2 Å². The second kappa shape index (κ2) is 5.53. The molecule has 4 heteroatoms. The van der Waals surface area contributed by atoms with Crippen molar-refractivity contribution in [2.45, 2.75) is 6.92 Å². The second-order valence-electron chi connectivity index (χ2n) is 4.25. The maximum absolute atomic E-state index is 6.06. The maximum Gasteiger partial charge on any atom is 0.144 e. The van der Waals surface area contributed by atoms with E-state index in [4.69, 9.17) is 15.2 Å². The van der Waals surface area contributed by atoms with Crippen molar-refractivity contribution in [3.05, 3.63) is 40.4 Å². The van der Waals surface area contributed by atoms with Crippen LogP contribution in [0.15, 0.2) is 34.8 Å². The van der Waals surface area contributed by atoms with Gasteiger partial charge in [-0.05, 0) is 47.1 Å². The Kier molecular flexibility index (Phi) is 4.00.